The lowest BCUT2D eigenvalue weighted by Gasteiger charge is -2.24. The highest BCUT2D eigenvalue weighted by Crippen LogP contribution is 2.38. The van der Waals surface area contributed by atoms with Crippen LogP contribution in [0.4, 0.5) is 24.5 Å². The van der Waals surface area contributed by atoms with Crippen LogP contribution in [0.2, 0.25) is 0 Å². The number of likely N-dealkylation sites (N-methyl/N-ethyl adjacent to an activating group) is 1. The van der Waals surface area contributed by atoms with E-state index in [1.165, 1.54) is 6.07 Å². The first-order chi connectivity index (χ1) is 9.79. The van der Waals surface area contributed by atoms with Crippen molar-refractivity contribution in [3.05, 3.63) is 33.9 Å². The molecule has 0 aliphatic carbocycles. The summed E-state index contributed by atoms with van der Waals surface area (Å²) in [6, 6.07) is 3.34. The molecular formula is C13H16F3N3O2. The van der Waals surface area contributed by atoms with Crippen LogP contribution in [0.3, 0.4) is 0 Å². The summed E-state index contributed by atoms with van der Waals surface area (Å²) >= 11 is 0. The largest absolute Gasteiger partial charge is 0.423 e. The minimum atomic E-state index is -4.75. The van der Waals surface area contributed by atoms with Gasteiger partial charge in [-0.25, -0.2) is 0 Å². The Hall–Kier alpha value is -1.83. The van der Waals surface area contributed by atoms with Gasteiger partial charge in [0, 0.05) is 31.4 Å². The molecule has 0 aromatic heterocycles. The monoisotopic (exact) mass is 303 g/mol. The minimum Gasteiger partial charge on any atom is -0.373 e. The summed E-state index contributed by atoms with van der Waals surface area (Å²) in [7, 11) is 1.68. The average Bonchev–Trinajstić information content (AvgIpc) is 2.89. The topological polar surface area (TPSA) is 58.4 Å². The number of nitrogens with one attached hydrogen (secondary N) is 1. The number of halogens is 3. The Balaban J connectivity index is 2.26. The summed E-state index contributed by atoms with van der Waals surface area (Å²) in [5, 5.41) is 14.0. The highest BCUT2D eigenvalue weighted by Gasteiger charge is 2.38. The highest BCUT2D eigenvalue weighted by molar-refractivity contribution is 5.56. The molecule has 5 nitrogen and oxygen atoms in total. The zero-order valence-electron chi connectivity index (χ0n) is 11.5. The van der Waals surface area contributed by atoms with Gasteiger partial charge in [0.15, 0.2) is 0 Å². The standard InChI is InChI=1S/C13H16F3N3O2/c1-18(8-9-3-2-6-17-9)10-4-5-12(19(20)21)11(7-10)13(14,15)16/h4-5,7,9,17H,2-3,6,8H2,1H3. The summed E-state index contributed by atoms with van der Waals surface area (Å²) in [6.45, 7) is 1.47. The van der Waals surface area contributed by atoms with E-state index in [0.717, 1.165) is 31.5 Å². The number of alkyl halides is 3. The van der Waals surface area contributed by atoms with Gasteiger partial charge in [0.25, 0.3) is 5.69 Å². The molecule has 1 aliphatic heterocycles. The molecule has 21 heavy (non-hydrogen) atoms. The van der Waals surface area contributed by atoms with Crippen molar-refractivity contribution in [1.29, 1.82) is 0 Å². The van der Waals surface area contributed by atoms with Gasteiger partial charge < -0.3 is 10.2 Å². The van der Waals surface area contributed by atoms with Gasteiger partial charge in [0.2, 0.25) is 0 Å². The first-order valence-electron chi connectivity index (χ1n) is 6.59. The molecule has 1 aliphatic rings. The molecule has 1 aromatic rings. The third-order valence-corrected chi connectivity index (χ3v) is 3.58. The molecule has 0 saturated carbocycles. The predicted octanol–water partition coefficient (Wildman–Crippen LogP) is 2.80. The Labute approximate surface area is 119 Å². The number of benzene rings is 1. The Morgan fingerprint density at radius 1 is 1.48 bits per heavy atom. The molecule has 1 N–H and O–H groups in total. The fourth-order valence-corrected chi connectivity index (χ4v) is 2.50. The smallest absolute Gasteiger partial charge is 0.373 e. The van der Waals surface area contributed by atoms with E-state index in [9.17, 15) is 23.3 Å². The Morgan fingerprint density at radius 2 is 2.19 bits per heavy atom. The number of nitro groups is 1. The second kappa shape index (κ2) is 5.88. The van der Waals surface area contributed by atoms with Gasteiger partial charge >= 0.3 is 6.18 Å². The number of rotatable bonds is 4. The van der Waals surface area contributed by atoms with Crippen molar-refractivity contribution in [3.8, 4) is 0 Å². The maximum Gasteiger partial charge on any atom is 0.423 e. The molecule has 0 bridgehead atoms. The minimum absolute atomic E-state index is 0.236. The summed E-state index contributed by atoms with van der Waals surface area (Å²) in [5.41, 5.74) is -1.81. The van der Waals surface area contributed by atoms with E-state index in [0.29, 0.717) is 12.2 Å². The average molecular weight is 303 g/mol. The molecule has 0 amide bonds. The molecule has 8 heteroatoms. The van der Waals surface area contributed by atoms with Crippen molar-refractivity contribution in [2.45, 2.75) is 25.1 Å². The van der Waals surface area contributed by atoms with Gasteiger partial charge in [0.1, 0.15) is 5.56 Å². The number of nitrogens with zero attached hydrogens (tertiary/aromatic N) is 2. The van der Waals surface area contributed by atoms with Gasteiger partial charge in [-0.1, -0.05) is 0 Å². The van der Waals surface area contributed by atoms with E-state index >= 15 is 0 Å². The zero-order chi connectivity index (χ0) is 15.6. The number of nitro benzene ring substituents is 1. The first kappa shape index (κ1) is 15.6. The Kier molecular flexibility index (Phi) is 4.36. The molecule has 2 rings (SSSR count). The van der Waals surface area contributed by atoms with Crippen LogP contribution in [0.25, 0.3) is 0 Å². The van der Waals surface area contributed by atoms with Gasteiger partial charge in [0.05, 0.1) is 4.92 Å². The molecule has 1 aromatic carbocycles. The predicted molar refractivity (Wildman–Crippen MR) is 72.4 cm³/mol. The molecule has 1 unspecified atom stereocenters. The molecule has 0 spiro atoms. The van der Waals surface area contributed by atoms with E-state index < -0.39 is 22.4 Å². The lowest BCUT2D eigenvalue weighted by atomic mass is 10.1. The maximum absolute atomic E-state index is 12.9. The normalized spacial score (nSPS) is 18.8. The van der Waals surface area contributed by atoms with Gasteiger partial charge in [-0.3, -0.25) is 10.1 Å². The summed E-state index contributed by atoms with van der Waals surface area (Å²) < 4.78 is 38.8. The van der Waals surface area contributed by atoms with Crippen LogP contribution in [-0.4, -0.2) is 31.1 Å². The first-order valence-corrected chi connectivity index (χ1v) is 6.59. The number of anilines is 1. The molecule has 1 atom stereocenters. The van der Waals surface area contributed by atoms with Crippen molar-refractivity contribution in [2.75, 3.05) is 25.0 Å². The van der Waals surface area contributed by atoms with E-state index in [4.69, 9.17) is 0 Å². The third kappa shape index (κ3) is 3.63. The van der Waals surface area contributed by atoms with Crippen molar-refractivity contribution >= 4 is 11.4 Å². The van der Waals surface area contributed by atoms with Crippen LogP contribution in [0, 0.1) is 10.1 Å². The fourth-order valence-electron chi connectivity index (χ4n) is 2.50. The third-order valence-electron chi connectivity index (χ3n) is 3.58. The maximum atomic E-state index is 12.9. The van der Waals surface area contributed by atoms with E-state index in [2.05, 4.69) is 5.32 Å². The van der Waals surface area contributed by atoms with Gasteiger partial charge in [-0.15, -0.1) is 0 Å². The van der Waals surface area contributed by atoms with E-state index in [-0.39, 0.29) is 6.04 Å². The second-order valence-electron chi connectivity index (χ2n) is 5.13. The molecule has 1 fully saturated rings. The zero-order valence-corrected chi connectivity index (χ0v) is 11.5. The molecule has 0 radical (unpaired) electrons. The van der Waals surface area contributed by atoms with Crippen LogP contribution in [-0.2, 0) is 6.18 Å². The quantitative estimate of drug-likeness (QED) is 0.686. The van der Waals surface area contributed by atoms with Crippen LogP contribution in [0.1, 0.15) is 18.4 Å². The summed E-state index contributed by atoms with van der Waals surface area (Å²) in [5.74, 6) is 0. The highest BCUT2D eigenvalue weighted by atomic mass is 19.4. The van der Waals surface area contributed by atoms with Crippen molar-refractivity contribution in [3.63, 3.8) is 0 Å². The summed E-state index contributed by atoms with van der Waals surface area (Å²) in [4.78, 5) is 11.4. The van der Waals surface area contributed by atoms with Crippen LogP contribution in [0.5, 0.6) is 0 Å². The van der Waals surface area contributed by atoms with Gasteiger partial charge in [-0.05, 0) is 31.5 Å². The lowest BCUT2D eigenvalue weighted by molar-refractivity contribution is -0.388. The van der Waals surface area contributed by atoms with E-state index in [1.54, 1.807) is 11.9 Å². The Morgan fingerprint density at radius 3 is 2.71 bits per heavy atom. The SMILES string of the molecule is CN(CC1CCCN1)c1ccc([N+](=O)[O-])c(C(F)(F)F)c1. The number of hydrogen-bond acceptors (Lipinski definition) is 4. The van der Waals surface area contributed by atoms with Crippen LogP contribution in [0.15, 0.2) is 18.2 Å². The molecule has 1 heterocycles. The van der Waals surface area contributed by atoms with Crippen molar-refractivity contribution < 1.29 is 18.1 Å². The lowest BCUT2D eigenvalue weighted by Crippen LogP contribution is -2.35. The van der Waals surface area contributed by atoms with E-state index in [1.807, 2.05) is 0 Å². The van der Waals surface area contributed by atoms with Gasteiger partial charge in [-0.2, -0.15) is 13.2 Å². The second-order valence-corrected chi connectivity index (χ2v) is 5.13. The van der Waals surface area contributed by atoms with Crippen LogP contribution >= 0.6 is 0 Å². The van der Waals surface area contributed by atoms with Crippen molar-refractivity contribution in [1.82, 2.24) is 5.32 Å². The van der Waals surface area contributed by atoms with Crippen LogP contribution < -0.4 is 10.2 Å². The summed E-state index contributed by atoms with van der Waals surface area (Å²) in [6.07, 6.45) is -2.72. The molecular weight excluding hydrogens is 287 g/mol. The fraction of sp³-hybridized carbons (Fsp3) is 0.538. The number of hydrogen-bond donors (Lipinski definition) is 1. The molecule has 1 saturated heterocycles. The molecule has 116 valence electrons. The van der Waals surface area contributed by atoms with Crippen molar-refractivity contribution in [2.24, 2.45) is 0 Å². The Bertz CT molecular complexity index is 528.